The van der Waals surface area contributed by atoms with Crippen molar-refractivity contribution in [1.82, 2.24) is 5.32 Å². The molecule has 0 amide bonds. The highest BCUT2D eigenvalue weighted by molar-refractivity contribution is 6.22. The minimum Gasteiger partial charge on any atom is -0.303 e. The third-order valence-electron chi connectivity index (χ3n) is 0.318. The maximum Gasteiger partial charge on any atom is 0.134 e. The van der Waals surface area contributed by atoms with Crippen LogP contribution in [0.1, 0.15) is 0 Å². The Morgan fingerprint density at radius 3 is 1.43 bits per heavy atom. The molecule has 0 aromatic carbocycles. The summed E-state index contributed by atoms with van der Waals surface area (Å²) in [4.78, 5) is 0. The van der Waals surface area contributed by atoms with Crippen LogP contribution in [0.3, 0.4) is 0 Å². The zero-order valence-corrected chi connectivity index (χ0v) is 5.08. The molecule has 2 unspecified atom stereocenters. The summed E-state index contributed by atoms with van der Waals surface area (Å²) in [6, 6.07) is 0. The standard InChI is InChI=1S/C2H7Cl2N3/c3-1(5)7-2(4)6/h1-2,7H,5-6H2. The van der Waals surface area contributed by atoms with Gasteiger partial charge in [0, 0.05) is 0 Å². The lowest BCUT2D eigenvalue weighted by Gasteiger charge is -2.06. The summed E-state index contributed by atoms with van der Waals surface area (Å²) in [5, 5.41) is 2.39. The molecule has 2 atom stereocenters. The van der Waals surface area contributed by atoms with Crippen LogP contribution < -0.4 is 16.8 Å². The molecule has 0 bridgehead atoms. The van der Waals surface area contributed by atoms with Crippen molar-refractivity contribution in [3.05, 3.63) is 0 Å². The van der Waals surface area contributed by atoms with Gasteiger partial charge in [0.2, 0.25) is 0 Å². The molecular formula is C2H7Cl2N3. The van der Waals surface area contributed by atoms with Gasteiger partial charge in [0.1, 0.15) is 11.2 Å². The van der Waals surface area contributed by atoms with Crippen LogP contribution in [0.4, 0.5) is 0 Å². The lowest BCUT2D eigenvalue weighted by Crippen LogP contribution is -2.41. The highest BCUT2D eigenvalue weighted by atomic mass is 35.5. The third kappa shape index (κ3) is 6.46. The van der Waals surface area contributed by atoms with Crippen LogP contribution in [-0.2, 0) is 0 Å². The Balaban J connectivity index is 2.95. The summed E-state index contributed by atoms with van der Waals surface area (Å²) >= 11 is 10.3. The second-order valence-electron chi connectivity index (χ2n) is 0.970. The van der Waals surface area contributed by atoms with Crippen molar-refractivity contribution in [3.8, 4) is 0 Å². The van der Waals surface area contributed by atoms with E-state index in [1.807, 2.05) is 0 Å². The van der Waals surface area contributed by atoms with E-state index in [-0.39, 0.29) is 0 Å². The van der Waals surface area contributed by atoms with E-state index in [2.05, 4.69) is 5.32 Å². The van der Waals surface area contributed by atoms with E-state index >= 15 is 0 Å². The molecule has 44 valence electrons. The molecule has 0 aliphatic carbocycles. The van der Waals surface area contributed by atoms with Gasteiger partial charge in [-0.05, 0) is 0 Å². The fourth-order valence-corrected chi connectivity index (χ4v) is 0.488. The highest BCUT2D eigenvalue weighted by Crippen LogP contribution is 1.82. The van der Waals surface area contributed by atoms with Crippen molar-refractivity contribution in [2.75, 3.05) is 0 Å². The lowest BCUT2D eigenvalue weighted by molar-refractivity contribution is 0.631. The van der Waals surface area contributed by atoms with E-state index in [9.17, 15) is 0 Å². The first-order valence-corrected chi connectivity index (χ1v) is 2.55. The van der Waals surface area contributed by atoms with Crippen molar-refractivity contribution < 1.29 is 0 Å². The summed E-state index contributed by atoms with van der Waals surface area (Å²) in [5.41, 5.74) is 8.65. The second kappa shape index (κ2) is 3.46. The van der Waals surface area contributed by atoms with Gasteiger partial charge in [0.05, 0.1) is 0 Å². The van der Waals surface area contributed by atoms with Crippen LogP contribution in [0, 0.1) is 0 Å². The van der Waals surface area contributed by atoms with Crippen LogP contribution in [0.5, 0.6) is 0 Å². The molecular weight excluding hydrogens is 137 g/mol. The third-order valence-corrected chi connectivity index (χ3v) is 0.570. The first kappa shape index (κ1) is 7.46. The molecule has 0 saturated heterocycles. The van der Waals surface area contributed by atoms with Crippen molar-refractivity contribution in [3.63, 3.8) is 0 Å². The smallest absolute Gasteiger partial charge is 0.134 e. The van der Waals surface area contributed by atoms with E-state index in [0.717, 1.165) is 0 Å². The Morgan fingerprint density at radius 2 is 1.43 bits per heavy atom. The molecule has 0 aromatic heterocycles. The molecule has 0 aromatic rings. The summed E-state index contributed by atoms with van der Waals surface area (Å²) in [6.07, 6.45) is 0. The fraction of sp³-hybridized carbons (Fsp3) is 1.00. The van der Waals surface area contributed by atoms with E-state index in [4.69, 9.17) is 34.7 Å². The molecule has 0 rings (SSSR count). The maximum absolute atomic E-state index is 5.17. The molecule has 3 nitrogen and oxygen atoms in total. The Kier molecular flexibility index (Phi) is 3.69. The number of halogens is 2. The first-order chi connectivity index (χ1) is 3.13. The minimum absolute atomic E-state index is 0.660. The largest absolute Gasteiger partial charge is 0.303 e. The van der Waals surface area contributed by atoms with Crippen LogP contribution >= 0.6 is 23.2 Å². The van der Waals surface area contributed by atoms with Gasteiger partial charge in [-0.15, -0.1) is 0 Å². The van der Waals surface area contributed by atoms with Gasteiger partial charge in [-0.25, -0.2) is 0 Å². The average Bonchev–Trinajstić information content (AvgIpc) is 1.27. The predicted octanol–water partition coefficient (Wildman–Crippen LogP) is -0.462. The number of hydrogen-bond acceptors (Lipinski definition) is 3. The van der Waals surface area contributed by atoms with Gasteiger partial charge in [-0.1, -0.05) is 23.2 Å². The molecule has 0 spiro atoms. The van der Waals surface area contributed by atoms with Gasteiger partial charge in [0.15, 0.2) is 0 Å². The first-order valence-electron chi connectivity index (χ1n) is 1.68. The van der Waals surface area contributed by atoms with E-state index in [1.165, 1.54) is 0 Å². The second-order valence-corrected chi connectivity index (χ2v) is 1.91. The summed E-state index contributed by atoms with van der Waals surface area (Å²) < 4.78 is 0. The fourth-order valence-electron chi connectivity index (χ4n) is 0.152. The van der Waals surface area contributed by atoms with E-state index in [0.29, 0.717) is 0 Å². The Bertz CT molecular complexity index is 40.2. The summed E-state index contributed by atoms with van der Waals surface area (Å²) in [6.45, 7) is 0. The van der Waals surface area contributed by atoms with Crippen LogP contribution in [0.15, 0.2) is 0 Å². The SMILES string of the molecule is NC(Cl)NC(N)Cl. The quantitative estimate of drug-likeness (QED) is 0.279. The predicted molar refractivity (Wildman–Crippen MR) is 30.8 cm³/mol. The number of rotatable bonds is 2. The summed E-state index contributed by atoms with van der Waals surface area (Å²) in [5.74, 6) is 0. The normalized spacial score (nSPS) is 18.9. The Labute approximate surface area is 51.9 Å². The molecule has 0 radical (unpaired) electrons. The van der Waals surface area contributed by atoms with Gasteiger partial charge < -0.3 is 11.5 Å². The van der Waals surface area contributed by atoms with Crippen molar-refractivity contribution >= 4 is 23.2 Å². The van der Waals surface area contributed by atoms with Crippen molar-refractivity contribution in [2.45, 2.75) is 11.2 Å². The Morgan fingerprint density at radius 1 is 1.14 bits per heavy atom. The summed E-state index contributed by atoms with van der Waals surface area (Å²) in [7, 11) is 0. The van der Waals surface area contributed by atoms with Crippen LogP contribution in [0.25, 0.3) is 0 Å². The van der Waals surface area contributed by atoms with Gasteiger partial charge in [-0.2, -0.15) is 0 Å². The van der Waals surface area contributed by atoms with E-state index < -0.39 is 11.2 Å². The molecule has 0 aliphatic rings. The molecule has 7 heavy (non-hydrogen) atoms. The lowest BCUT2D eigenvalue weighted by atomic mass is 11.0. The average molecular weight is 144 g/mol. The molecule has 5 heteroatoms. The molecule has 0 fully saturated rings. The van der Waals surface area contributed by atoms with E-state index in [1.54, 1.807) is 0 Å². The van der Waals surface area contributed by atoms with Gasteiger partial charge in [-0.3, -0.25) is 5.32 Å². The number of hydrogen-bond donors (Lipinski definition) is 3. The van der Waals surface area contributed by atoms with Gasteiger partial charge in [0.25, 0.3) is 0 Å². The van der Waals surface area contributed by atoms with Crippen molar-refractivity contribution in [2.24, 2.45) is 11.5 Å². The molecule has 0 saturated carbocycles. The zero-order valence-electron chi connectivity index (χ0n) is 3.57. The number of alkyl halides is 2. The molecule has 5 N–H and O–H groups in total. The number of nitrogens with two attached hydrogens (primary N) is 2. The maximum atomic E-state index is 5.17. The van der Waals surface area contributed by atoms with Gasteiger partial charge >= 0.3 is 0 Å². The topological polar surface area (TPSA) is 64.1 Å². The van der Waals surface area contributed by atoms with Crippen LogP contribution in [-0.4, -0.2) is 11.2 Å². The minimum atomic E-state index is -0.660. The monoisotopic (exact) mass is 143 g/mol. The molecule has 0 heterocycles. The van der Waals surface area contributed by atoms with Crippen molar-refractivity contribution in [1.29, 1.82) is 0 Å². The molecule has 0 aliphatic heterocycles. The highest BCUT2D eigenvalue weighted by Gasteiger charge is 1.97. The zero-order chi connectivity index (χ0) is 5.86. The van der Waals surface area contributed by atoms with Crippen LogP contribution in [0.2, 0.25) is 0 Å². The number of nitrogens with one attached hydrogen (secondary N) is 1. The Hall–Kier alpha value is 0.460.